The molecule has 28 heavy (non-hydrogen) atoms. The Morgan fingerprint density at radius 1 is 1.00 bits per heavy atom. The van der Waals surface area contributed by atoms with Crippen molar-refractivity contribution in [3.8, 4) is 5.75 Å². The van der Waals surface area contributed by atoms with Crippen molar-refractivity contribution in [3.63, 3.8) is 0 Å². The third-order valence-corrected chi connectivity index (χ3v) is 4.68. The summed E-state index contributed by atoms with van der Waals surface area (Å²) in [5, 5.41) is 14.2. The maximum Gasteiger partial charge on any atom is 0.433 e. The minimum atomic E-state index is -4.56. The molecule has 0 radical (unpaired) electrons. The molecule has 0 fully saturated rings. The van der Waals surface area contributed by atoms with Gasteiger partial charge < -0.3 is 10.4 Å². The fraction of sp³-hybridized carbons (Fsp3) is 0.286. The SMILES string of the molecule is CCN(CC)Cc1cccc(Nc2cc(C(F)(F)F)nc3ccccc23)c1O. The molecule has 0 bridgehead atoms. The lowest BCUT2D eigenvalue weighted by atomic mass is 10.1. The van der Waals surface area contributed by atoms with Crippen molar-refractivity contribution in [1.29, 1.82) is 0 Å². The van der Waals surface area contributed by atoms with Gasteiger partial charge in [0.15, 0.2) is 0 Å². The molecule has 1 heterocycles. The number of hydrogen-bond acceptors (Lipinski definition) is 4. The number of benzene rings is 2. The number of alkyl halides is 3. The zero-order valence-electron chi connectivity index (χ0n) is 15.7. The Labute approximate surface area is 161 Å². The molecule has 3 aromatic rings. The Morgan fingerprint density at radius 3 is 2.39 bits per heavy atom. The molecule has 0 spiro atoms. The maximum absolute atomic E-state index is 13.3. The fourth-order valence-electron chi connectivity index (χ4n) is 3.08. The summed E-state index contributed by atoms with van der Waals surface area (Å²) in [5.74, 6) is 0.0313. The van der Waals surface area contributed by atoms with Crippen LogP contribution < -0.4 is 5.32 Å². The van der Waals surface area contributed by atoms with Crippen molar-refractivity contribution in [2.75, 3.05) is 18.4 Å². The number of rotatable bonds is 6. The van der Waals surface area contributed by atoms with Crippen molar-refractivity contribution < 1.29 is 18.3 Å². The van der Waals surface area contributed by atoms with E-state index in [0.717, 1.165) is 19.2 Å². The van der Waals surface area contributed by atoms with E-state index in [4.69, 9.17) is 0 Å². The largest absolute Gasteiger partial charge is 0.505 e. The standard InChI is InChI=1S/C21H22F3N3O/c1-3-27(4-2)13-14-8-7-11-17(20(14)28)25-18-12-19(21(22,23)24)26-16-10-6-5-9-15(16)18/h5-12,28H,3-4,13H2,1-2H3,(H,25,26). The first-order valence-electron chi connectivity index (χ1n) is 9.10. The van der Waals surface area contributed by atoms with E-state index in [1.54, 1.807) is 30.3 Å². The molecule has 7 heteroatoms. The van der Waals surface area contributed by atoms with Crippen molar-refractivity contribution >= 4 is 22.3 Å². The van der Waals surface area contributed by atoms with E-state index in [1.807, 2.05) is 19.9 Å². The fourth-order valence-corrected chi connectivity index (χ4v) is 3.08. The Hall–Kier alpha value is -2.80. The molecule has 4 nitrogen and oxygen atoms in total. The highest BCUT2D eigenvalue weighted by Crippen LogP contribution is 2.37. The van der Waals surface area contributed by atoms with Gasteiger partial charge in [-0.25, -0.2) is 4.98 Å². The summed E-state index contributed by atoms with van der Waals surface area (Å²) in [5.41, 5.74) is 0.566. The number of anilines is 2. The number of halogens is 3. The van der Waals surface area contributed by atoms with Crippen LogP contribution in [-0.2, 0) is 12.7 Å². The molecule has 0 unspecified atom stereocenters. The molecular formula is C21H22F3N3O. The van der Waals surface area contributed by atoms with Gasteiger partial charge in [-0.15, -0.1) is 0 Å². The first-order chi connectivity index (χ1) is 13.3. The summed E-state index contributed by atoms with van der Waals surface area (Å²) in [6.07, 6.45) is -4.56. The van der Waals surface area contributed by atoms with Crippen LogP contribution >= 0.6 is 0 Å². The summed E-state index contributed by atoms with van der Waals surface area (Å²) in [6, 6.07) is 12.8. The van der Waals surface area contributed by atoms with Crippen LogP contribution in [0.2, 0.25) is 0 Å². The minimum Gasteiger partial charge on any atom is -0.505 e. The summed E-state index contributed by atoms with van der Waals surface area (Å²) in [7, 11) is 0. The van der Waals surface area contributed by atoms with Crippen molar-refractivity contribution in [2.24, 2.45) is 0 Å². The highest BCUT2D eigenvalue weighted by Gasteiger charge is 2.33. The van der Waals surface area contributed by atoms with E-state index < -0.39 is 11.9 Å². The van der Waals surface area contributed by atoms with E-state index >= 15 is 0 Å². The Bertz CT molecular complexity index is 969. The Morgan fingerprint density at radius 2 is 1.71 bits per heavy atom. The molecule has 0 aliphatic carbocycles. The molecular weight excluding hydrogens is 367 g/mol. The number of nitrogens with zero attached hydrogens (tertiary/aromatic N) is 2. The Balaban J connectivity index is 2.03. The predicted molar refractivity (Wildman–Crippen MR) is 105 cm³/mol. The van der Waals surface area contributed by atoms with Crippen LogP contribution in [0.5, 0.6) is 5.75 Å². The van der Waals surface area contributed by atoms with Gasteiger partial charge in [0, 0.05) is 17.5 Å². The summed E-state index contributed by atoms with van der Waals surface area (Å²) < 4.78 is 39.8. The van der Waals surface area contributed by atoms with E-state index in [1.165, 1.54) is 6.07 Å². The van der Waals surface area contributed by atoms with Crippen LogP contribution in [0, 0.1) is 0 Å². The number of pyridine rings is 1. The molecule has 0 amide bonds. The first kappa shape index (κ1) is 19.9. The number of para-hydroxylation sites is 2. The van der Waals surface area contributed by atoms with Crippen LogP contribution in [0.1, 0.15) is 25.1 Å². The number of fused-ring (bicyclic) bond motifs is 1. The molecule has 0 saturated heterocycles. The monoisotopic (exact) mass is 389 g/mol. The van der Waals surface area contributed by atoms with Gasteiger partial charge in [0.1, 0.15) is 11.4 Å². The normalized spacial score (nSPS) is 11.9. The van der Waals surface area contributed by atoms with E-state index in [9.17, 15) is 18.3 Å². The molecule has 2 aromatic carbocycles. The molecule has 3 rings (SSSR count). The first-order valence-corrected chi connectivity index (χ1v) is 9.10. The molecule has 1 aromatic heterocycles. The van der Waals surface area contributed by atoms with Gasteiger partial charge in [-0.2, -0.15) is 13.2 Å². The molecule has 148 valence electrons. The van der Waals surface area contributed by atoms with E-state index in [0.29, 0.717) is 23.2 Å². The maximum atomic E-state index is 13.3. The van der Waals surface area contributed by atoms with Crippen LogP contribution in [0.25, 0.3) is 10.9 Å². The smallest absolute Gasteiger partial charge is 0.433 e. The second-order valence-corrected chi connectivity index (χ2v) is 6.47. The number of aromatic nitrogens is 1. The van der Waals surface area contributed by atoms with Gasteiger partial charge in [-0.05, 0) is 31.3 Å². The summed E-state index contributed by atoms with van der Waals surface area (Å²) in [4.78, 5) is 5.86. The van der Waals surface area contributed by atoms with Gasteiger partial charge >= 0.3 is 6.18 Å². The van der Waals surface area contributed by atoms with Gasteiger partial charge in [0.2, 0.25) is 0 Å². The second-order valence-electron chi connectivity index (χ2n) is 6.47. The highest BCUT2D eigenvalue weighted by molar-refractivity contribution is 5.93. The second kappa shape index (κ2) is 8.06. The zero-order valence-corrected chi connectivity index (χ0v) is 15.7. The Kier molecular flexibility index (Phi) is 5.74. The zero-order chi connectivity index (χ0) is 20.3. The lowest BCUT2D eigenvalue weighted by Crippen LogP contribution is -2.22. The van der Waals surface area contributed by atoms with Crippen molar-refractivity contribution in [2.45, 2.75) is 26.6 Å². The number of phenols is 1. The molecule has 2 N–H and O–H groups in total. The average Bonchev–Trinajstić information content (AvgIpc) is 2.67. The van der Waals surface area contributed by atoms with Crippen LogP contribution in [-0.4, -0.2) is 28.1 Å². The number of hydrogen-bond donors (Lipinski definition) is 2. The quantitative estimate of drug-likeness (QED) is 0.543. The highest BCUT2D eigenvalue weighted by atomic mass is 19.4. The van der Waals surface area contributed by atoms with Crippen LogP contribution in [0.4, 0.5) is 24.5 Å². The topological polar surface area (TPSA) is 48.4 Å². The van der Waals surface area contributed by atoms with E-state index in [2.05, 4.69) is 15.2 Å². The van der Waals surface area contributed by atoms with Gasteiger partial charge in [0.05, 0.1) is 16.9 Å². The van der Waals surface area contributed by atoms with Gasteiger partial charge in [-0.3, -0.25) is 4.90 Å². The lowest BCUT2D eigenvalue weighted by molar-refractivity contribution is -0.140. The van der Waals surface area contributed by atoms with Crippen molar-refractivity contribution in [1.82, 2.24) is 9.88 Å². The van der Waals surface area contributed by atoms with Gasteiger partial charge in [-0.1, -0.05) is 44.2 Å². The molecule has 0 aliphatic heterocycles. The number of nitrogens with one attached hydrogen (secondary N) is 1. The number of aromatic hydroxyl groups is 1. The lowest BCUT2D eigenvalue weighted by Gasteiger charge is -2.20. The van der Waals surface area contributed by atoms with Gasteiger partial charge in [0.25, 0.3) is 0 Å². The predicted octanol–water partition coefficient (Wildman–Crippen LogP) is 5.54. The van der Waals surface area contributed by atoms with Crippen molar-refractivity contribution in [3.05, 3.63) is 59.8 Å². The minimum absolute atomic E-state index is 0.0313. The molecule has 0 atom stereocenters. The molecule has 0 saturated carbocycles. The number of phenolic OH excluding ortho intramolecular Hbond substituents is 1. The average molecular weight is 389 g/mol. The third-order valence-electron chi connectivity index (χ3n) is 4.68. The molecule has 0 aliphatic rings. The summed E-state index contributed by atoms with van der Waals surface area (Å²) >= 11 is 0. The van der Waals surface area contributed by atoms with Crippen LogP contribution in [0.15, 0.2) is 48.5 Å². The van der Waals surface area contributed by atoms with Crippen LogP contribution in [0.3, 0.4) is 0 Å². The third kappa shape index (κ3) is 4.20. The summed E-state index contributed by atoms with van der Waals surface area (Å²) in [6.45, 7) is 6.28. The van der Waals surface area contributed by atoms with E-state index in [-0.39, 0.29) is 17.0 Å².